The van der Waals surface area contributed by atoms with E-state index in [4.69, 9.17) is 14.7 Å². The van der Waals surface area contributed by atoms with Crippen molar-refractivity contribution in [2.75, 3.05) is 23.5 Å². The Bertz CT molecular complexity index is 1820. The molecule has 0 spiro atoms. The molecule has 6 aromatic rings. The Morgan fingerprint density at radius 1 is 0.718 bits per heavy atom. The minimum Gasteiger partial charge on any atom is -0.506 e. The molecule has 0 saturated heterocycles. The minimum atomic E-state index is 0.172. The number of aromatic hydroxyl groups is 1. The first kappa shape index (κ1) is 22.9. The van der Waals surface area contributed by atoms with Crippen molar-refractivity contribution in [3.63, 3.8) is 0 Å². The third kappa shape index (κ3) is 4.01. The molecular weight excluding hydrogens is 486 g/mol. The molecule has 4 aromatic carbocycles. The Kier molecular flexibility index (Phi) is 5.41. The van der Waals surface area contributed by atoms with Crippen molar-refractivity contribution in [2.45, 2.75) is 0 Å². The highest BCUT2D eigenvalue weighted by molar-refractivity contribution is 5.85. The Hall–Kier alpha value is -5.30. The van der Waals surface area contributed by atoms with Crippen LogP contribution in [0.3, 0.4) is 0 Å². The fourth-order valence-corrected chi connectivity index (χ4v) is 5.10. The Morgan fingerprint density at radius 3 is 2.28 bits per heavy atom. The van der Waals surface area contributed by atoms with Crippen LogP contribution in [0, 0.1) is 0 Å². The largest absolute Gasteiger partial charge is 0.506 e. The highest BCUT2D eigenvalue weighted by Gasteiger charge is 2.25. The lowest BCUT2D eigenvalue weighted by Gasteiger charge is -2.19. The number of phenolic OH excluding ortho intramolecular Hbond substituents is 1. The number of aromatic nitrogens is 3. The summed E-state index contributed by atoms with van der Waals surface area (Å²) in [4.78, 5) is 14.1. The quantitative estimate of drug-likeness (QED) is 0.266. The average Bonchev–Trinajstić information content (AvgIpc) is 3.52. The first-order chi connectivity index (χ1) is 19.2. The molecular formula is C32H25N5O2. The highest BCUT2D eigenvalue weighted by Crippen LogP contribution is 2.40. The third-order valence-corrected chi connectivity index (χ3v) is 6.93. The highest BCUT2D eigenvalue weighted by atomic mass is 16.5. The zero-order valence-corrected chi connectivity index (χ0v) is 21.3. The van der Waals surface area contributed by atoms with Gasteiger partial charge in [0.05, 0.1) is 34.8 Å². The van der Waals surface area contributed by atoms with Crippen LogP contribution >= 0.6 is 0 Å². The number of anilines is 3. The number of ether oxygens (including phenoxy) is 1. The van der Waals surface area contributed by atoms with E-state index in [-0.39, 0.29) is 5.75 Å². The normalized spacial score (nSPS) is 12.6. The number of rotatable bonds is 5. The van der Waals surface area contributed by atoms with Crippen molar-refractivity contribution in [1.29, 1.82) is 0 Å². The van der Waals surface area contributed by atoms with Gasteiger partial charge in [0.1, 0.15) is 23.1 Å². The Balaban J connectivity index is 1.29. The molecule has 0 fully saturated rings. The van der Waals surface area contributed by atoms with Crippen molar-refractivity contribution < 1.29 is 9.84 Å². The van der Waals surface area contributed by atoms with Crippen LogP contribution in [0.1, 0.15) is 0 Å². The van der Waals surface area contributed by atoms with Crippen molar-refractivity contribution in [3.05, 3.63) is 115 Å². The zero-order chi connectivity index (χ0) is 26.3. The maximum absolute atomic E-state index is 10.7. The summed E-state index contributed by atoms with van der Waals surface area (Å²) < 4.78 is 8.25. The average molecular weight is 512 g/mol. The van der Waals surface area contributed by atoms with E-state index in [1.54, 1.807) is 6.07 Å². The number of hydrogen-bond acceptors (Lipinski definition) is 6. The van der Waals surface area contributed by atoms with Crippen LogP contribution in [0.2, 0.25) is 0 Å². The molecule has 0 radical (unpaired) electrons. The predicted octanol–water partition coefficient (Wildman–Crippen LogP) is 7.13. The van der Waals surface area contributed by atoms with Crippen LogP contribution in [0.5, 0.6) is 17.4 Å². The number of nitrogens with zero attached hydrogens (tertiary/aromatic N) is 5. The Morgan fingerprint density at radius 2 is 1.46 bits per heavy atom. The molecule has 0 saturated carbocycles. The van der Waals surface area contributed by atoms with Gasteiger partial charge in [-0.2, -0.15) is 4.98 Å². The van der Waals surface area contributed by atoms with Gasteiger partial charge in [-0.05, 0) is 42.5 Å². The fraction of sp³-hybridized carbons (Fsp3) is 0.0625. The number of phenols is 1. The monoisotopic (exact) mass is 511 g/mol. The lowest BCUT2D eigenvalue weighted by molar-refractivity contribution is 0.463. The zero-order valence-electron chi connectivity index (χ0n) is 21.3. The molecule has 0 unspecified atom stereocenters. The molecule has 7 heteroatoms. The first-order valence-corrected chi connectivity index (χ1v) is 12.7. The number of fused-ring (bicyclic) bond motifs is 2. The van der Waals surface area contributed by atoms with Gasteiger partial charge in [0.2, 0.25) is 5.88 Å². The van der Waals surface area contributed by atoms with Gasteiger partial charge in [-0.15, -0.1) is 0 Å². The summed E-state index contributed by atoms with van der Waals surface area (Å²) in [7, 11) is 2.08. The smallest absolute Gasteiger partial charge is 0.221 e. The van der Waals surface area contributed by atoms with E-state index < -0.39 is 0 Å². The first-order valence-electron chi connectivity index (χ1n) is 12.7. The van der Waals surface area contributed by atoms with E-state index in [9.17, 15) is 5.11 Å². The van der Waals surface area contributed by atoms with Gasteiger partial charge in [-0.25, -0.2) is 4.98 Å². The molecule has 190 valence electrons. The van der Waals surface area contributed by atoms with Gasteiger partial charge >= 0.3 is 0 Å². The van der Waals surface area contributed by atoms with Gasteiger partial charge in [-0.3, -0.25) is 4.57 Å². The maximum atomic E-state index is 10.7. The molecule has 1 N–H and O–H groups in total. The van der Waals surface area contributed by atoms with Gasteiger partial charge in [0.15, 0.2) is 0 Å². The van der Waals surface area contributed by atoms with Crippen LogP contribution in [-0.2, 0) is 0 Å². The van der Waals surface area contributed by atoms with Gasteiger partial charge < -0.3 is 19.6 Å². The Labute approximate surface area is 225 Å². The number of benzene rings is 4. The number of hydrogen-bond donors (Lipinski definition) is 1. The summed E-state index contributed by atoms with van der Waals surface area (Å²) in [5, 5.41) is 10.7. The van der Waals surface area contributed by atoms with Crippen LogP contribution in [0.25, 0.3) is 28.1 Å². The summed E-state index contributed by atoms with van der Waals surface area (Å²) in [6, 6.07) is 37.1. The second-order valence-corrected chi connectivity index (χ2v) is 9.47. The van der Waals surface area contributed by atoms with E-state index in [0.717, 1.165) is 33.9 Å². The van der Waals surface area contributed by atoms with E-state index in [1.165, 1.54) is 5.69 Å². The van der Waals surface area contributed by atoms with Crippen molar-refractivity contribution >= 4 is 28.2 Å². The molecule has 1 aliphatic rings. The molecule has 7 nitrogen and oxygen atoms in total. The second-order valence-electron chi connectivity index (χ2n) is 9.47. The minimum absolute atomic E-state index is 0.172. The van der Waals surface area contributed by atoms with Crippen LogP contribution < -0.4 is 14.5 Å². The number of para-hydroxylation sites is 4. The molecule has 7 rings (SSSR count). The fourth-order valence-electron chi connectivity index (χ4n) is 5.10. The summed E-state index contributed by atoms with van der Waals surface area (Å²) >= 11 is 0. The summed E-state index contributed by atoms with van der Waals surface area (Å²) in [6.07, 6.45) is 0. The predicted molar refractivity (Wildman–Crippen MR) is 154 cm³/mol. The summed E-state index contributed by atoms with van der Waals surface area (Å²) in [5.74, 6) is 2.85. The van der Waals surface area contributed by atoms with E-state index >= 15 is 0 Å². The SMILES string of the molecule is CN1CN(c2cccc(Oc3ccc4nc(-c5ccccc5)n(-c5ccccc5O)c4c3)n2)c2ccccc21. The van der Waals surface area contributed by atoms with Crippen molar-refractivity contribution in [1.82, 2.24) is 14.5 Å². The molecule has 3 heterocycles. The molecule has 1 aliphatic heterocycles. The summed E-state index contributed by atoms with van der Waals surface area (Å²) in [5.41, 5.74) is 5.49. The van der Waals surface area contributed by atoms with E-state index in [0.29, 0.717) is 24.0 Å². The molecule has 0 bridgehead atoms. The summed E-state index contributed by atoms with van der Waals surface area (Å²) in [6.45, 7) is 0.712. The van der Waals surface area contributed by atoms with Gasteiger partial charge in [-0.1, -0.05) is 60.7 Å². The molecule has 2 aromatic heterocycles. The van der Waals surface area contributed by atoms with Gasteiger partial charge in [0, 0.05) is 24.7 Å². The topological polar surface area (TPSA) is 66.7 Å². The molecule has 0 amide bonds. The molecule has 0 aliphatic carbocycles. The van der Waals surface area contributed by atoms with Crippen LogP contribution in [-0.4, -0.2) is 33.4 Å². The lowest BCUT2D eigenvalue weighted by Crippen LogP contribution is -2.24. The molecule has 0 atom stereocenters. The van der Waals surface area contributed by atoms with E-state index in [2.05, 4.69) is 29.0 Å². The van der Waals surface area contributed by atoms with Gasteiger partial charge in [0.25, 0.3) is 0 Å². The van der Waals surface area contributed by atoms with Crippen molar-refractivity contribution in [2.24, 2.45) is 0 Å². The van der Waals surface area contributed by atoms with Crippen LogP contribution in [0.4, 0.5) is 17.2 Å². The standard InChI is InChI=1S/C32H25N5O2/c1-35-21-36(26-13-6-5-12-25(26)35)30-16-9-17-31(34-30)39-23-18-19-24-28(20-23)37(27-14-7-8-15-29(27)38)32(33-24)22-10-3-2-4-11-22/h2-20,38H,21H2,1H3. The number of imidazole rings is 1. The molecule has 39 heavy (non-hydrogen) atoms. The maximum Gasteiger partial charge on any atom is 0.221 e. The third-order valence-electron chi connectivity index (χ3n) is 6.93. The van der Waals surface area contributed by atoms with Crippen molar-refractivity contribution in [3.8, 4) is 34.5 Å². The lowest BCUT2D eigenvalue weighted by atomic mass is 10.2. The number of pyridine rings is 1. The van der Waals surface area contributed by atoms with E-state index in [1.807, 2.05) is 102 Å². The van der Waals surface area contributed by atoms with Crippen LogP contribution in [0.15, 0.2) is 115 Å². The second kappa shape index (κ2) is 9.22.